The minimum Gasteiger partial charge on any atom is -0.370 e. The zero-order valence-corrected chi connectivity index (χ0v) is 11.8. The molecule has 0 saturated carbocycles. The van der Waals surface area contributed by atoms with Crippen molar-refractivity contribution in [2.75, 3.05) is 19.6 Å². The fourth-order valence-corrected chi connectivity index (χ4v) is 1.55. The van der Waals surface area contributed by atoms with Crippen LogP contribution in [0.1, 0.15) is 17.3 Å². The van der Waals surface area contributed by atoms with Crippen molar-refractivity contribution in [1.29, 1.82) is 0 Å². The molecule has 98 valence electrons. The van der Waals surface area contributed by atoms with Gasteiger partial charge in [0.05, 0.1) is 6.54 Å². The van der Waals surface area contributed by atoms with Crippen LogP contribution in [0.4, 0.5) is 0 Å². The zero-order valence-electron chi connectivity index (χ0n) is 10.2. The Morgan fingerprint density at radius 3 is 2.61 bits per heavy atom. The van der Waals surface area contributed by atoms with Gasteiger partial charge in [-0.1, -0.05) is 15.9 Å². The van der Waals surface area contributed by atoms with Gasteiger partial charge >= 0.3 is 0 Å². The van der Waals surface area contributed by atoms with Crippen molar-refractivity contribution < 1.29 is 4.79 Å². The summed E-state index contributed by atoms with van der Waals surface area (Å²) in [7, 11) is 0. The molecule has 0 heterocycles. The molecule has 0 spiro atoms. The van der Waals surface area contributed by atoms with Crippen LogP contribution in [0.25, 0.3) is 0 Å². The molecule has 1 amide bonds. The molecule has 5 nitrogen and oxygen atoms in total. The van der Waals surface area contributed by atoms with Crippen LogP contribution in [-0.4, -0.2) is 31.5 Å². The maximum Gasteiger partial charge on any atom is 0.251 e. The van der Waals surface area contributed by atoms with Crippen LogP contribution < -0.4 is 16.4 Å². The third kappa shape index (κ3) is 5.18. The van der Waals surface area contributed by atoms with Crippen molar-refractivity contribution in [3.05, 3.63) is 34.3 Å². The van der Waals surface area contributed by atoms with Crippen molar-refractivity contribution in [2.45, 2.75) is 6.92 Å². The summed E-state index contributed by atoms with van der Waals surface area (Å²) in [5.74, 6) is 0.287. The monoisotopic (exact) mass is 312 g/mol. The Bertz CT molecular complexity index is 417. The molecule has 0 saturated heterocycles. The van der Waals surface area contributed by atoms with Crippen LogP contribution >= 0.6 is 15.9 Å². The molecule has 4 N–H and O–H groups in total. The molecule has 0 aliphatic carbocycles. The number of rotatable bonds is 5. The highest BCUT2D eigenvalue weighted by atomic mass is 79.9. The molecule has 0 fully saturated rings. The summed E-state index contributed by atoms with van der Waals surface area (Å²) in [6, 6.07) is 7.18. The number of carbonyl (C=O) groups is 1. The van der Waals surface area contributed by atoms with Gasteiger partial charge in [-0.05, 0) is 31.2 Å². The minimum atomic E-state index is -0.111. The van der Waals surface area contributed by atoms with E-state index in [1.54, 1.807) is 12.1 Å². The lowest BCUT2D eigenvalue weighted by Gasteiger charge is -2.04. The van der Waals surface area contributed by atoms with Gasteiger partial charge in [0.1, 0.15) is 0 Å². The van der Waals surface area contributed by atoms with E-state index in [0.29, 0.717) is 24.6 Å². The average molecular weight is 313 g/mol. The molecule has 1 aromatic rings. The first kappa shape index (κ1) is 14.5. The maximum absolute atomic E-state index is 11.7. The molecule has 0 aliphatic heterocycles. The summed E-state index contributed by atoms with van der Waals surface area (Å²) >= 11 is 3.32. The van der Waals surface area contributed by atoms with E-state index in [2.05, 4.69) is 31.6 Å². The van der Waals surface area contributed by atoms with E-state index < -0.39 is 0 Å². The molecular formula is C12H17BrN4O. The van der Waals surface area contributed by atoms with Crippen LogP contribution in [0.15, 0.2) is 33.7 Å². The van der Waals surface area contributed by atoms with Crippen molar-refractivity contribution in [3.63, 3.8) is 0 Å². The van der Waals surface area contributed by atoms with Crippen LogP contribution in [0.3, 0.4) is 0 Å². The lowest BCUT2D eigenvalue weighted by atomic mass is 10.2. The van der Waals surface area contributed by atoms with Crippen LogP contribution in [0.5, 0.6) is 0 Å². The summed E-state index contributed by atoms with van der Waals surface area (Å²) in [6.07, 6.45) is 0. The Hall–Kier alpha value is -1.56. The smallest absolute Gasteiger partial charge is 0.251 e. The van der Waals surface area contributed by atoms with E-state index >= 15 is 0 Å². The standard InChI is InChI=1S/C12H17BrN4O/c1-2-15-12(14)17-8-7-16-11(18)9-3-5-10(13)6-4-9/h3-6H,2,7-8H2,1H3,(H,16,18)(H3,14,15,17). The SMILES string of the molecule is CCNC(N)=NCCNC(=O)c1ccc(Br)cc1. The summed E-state index contributed by atoms with van der Waals surface area (Å²) in [6.45, 7) is 3.60. The normalized spacial score (nSPS) is 11.1. The molecule has 0 radical (unpaired) electrons. The van der Waals surface area contributed by atoms with E-state index in [1.807, 2.05) is 19.1 Å². The second kappa shape index (κ2) is 7.71. The van der Waals surface area contributed by atoms with Gasteiger partial charge in [-0.3, -0.25) is 9.79 Å². The second-order valence-corrected chi connectivity index (χ2v) is 4.48. The molecule has 0 atom stereocenters. The van der Waals surface area contributed by atoms with E-state index in [1.165, 1.54) is 0 Å². The number of nitrogens with two attached hydrogens (primary N) is 1. The lowest BCUT2D eigenvalue weighted by molar-refractivity contribution is 0.0955. The van der Waals surface area contributed by atoms with Crippen LogP contribution in [0, 0.1) is 0 Å². The topological polar surface area (TPSA) is 79.5 Å². The molecule has 0 unspecified atom stereocenters. The average Bonchev–Trinajstić information content (AvgIpc) is 2.35. The number of carbonyl (C=O) groups excluding carboxylic acids is 1. The summed E-state index contributed by atoms with van der Waals surface area (Å²) < 4.78 is 0.946. The van der Waals surface area contributed by atoms with Crippen LogP contribution in [0.2, 0.25) is 0 Å². The van der Waals surface area contributed by atoms with Gasteiger partial charge in [-0.15, -0.1) is 0 Å². The molecule has 0 aliphatic rings. The predicted octanol–water partition coefficient (Wildman–Crippen LogP) is 1.10. The second-order valence-electron chi connectivity index (χ2n) is 3.56. The first-order valence-corrected chi connectivity index (χ1v) is 6.50. The number of aliphatic imine (C=N–C) groups is 1. The quantitative estimate of drug-likeness (QED) is 0.433. The van der Waals surface area contributed by atoms with Gasteiger partial charge in [0, 0.05) is 23.1 Å². The minimum absolute atomic E-state index is 0.111. The fourth-order valence-electron chi connectivity index (χ4n) is 1.29. The predicted molar refractivity (Wildman–Crippen MR) is 76.6 cm³/mol. The van der Waals surface area contributed by atoms with E-state index in [-0.39, 0.29) is 5.91 Å². The summed E-state index contributed by atoms with van der Waals surface area (Å²) in [4.78, 5) is 15.8. The molecule has 0 aromatic heterocycles. The number of benzene rings is 1. The van der Waals surface area contributed by atoms with Gasteiger partial charge in [-0.2, -0.15) is 0 Å². The number of amides is 1. The first-order chi connectivity index (χ1) is 8.63. The number of hydrogen-bond acceptors (Lipinski definition) is 2. The lowest BCUT2D eigenvalue weighted by Crippen LogP contribution is -2.33. The van der Waals surface area contributed by atoms with Crippen molar-refractivity contribution in [3.8, 4) is 0 Å². The summed E-state index contributed by atoms with van der Waals surface area (Å²) in [5, 5.41) is 5.65. The highest BCUT2D eigenvalue weighted by molar-refractivity contribution is 9.10. The highest BCUT2D eigenvalue weighted by Gasteiger charge is 2.03. The molecule has 0 bridgehead atoms. The third-order valence-electron chi connectivity index (χ3n) is 2.14. The van der Waals surface area contributed by atoms with E-state index in [9.17, 15) is 4.79 Å². The van der Waals surface area contributed by atoms with Crippen molar-refractivity contribution >= 4 is 27.8 Å². The Balaban J connectivity index is 2.33. The number of guanidine groups is 1. The first-order valence-electron chi connectivity index (χ1n) is 5.71. The van der Waals surface area contributed by atoms with Gasteiger partial charge in [-0.25, -0.2) is 0 Å². The van der Waals surface area contributed by atoms with E-state index in [4.69, 9.17) is 5.73 Å². The molecule has 1 rings (SSSR count). The molecule has 6 heteroatoms. The number of hydrogen-bond donors (Lipinski definition) is 3. The van der Waals surface area contributed by atoms with Gasteiger partial charge in [0.15, 0.2) is 5.96 Å². The van der Waals surface area contributed by atoms with Gasteiger partial charge < -0.3 is 16.4 Å². The molecule has 1 aromatic carbocycles. The highest BCUT2D eigenvalue weighted by Crippen LogP contribution is 2.10. The molecule has 18 heavy (non-hydrogen) atoms. The maximum atomic E-state index is 11.7. The molecular weight excluding hydrogens is 296 g/mol. The van der Waals surface area contributed by atoms with Gasteiger partial charge in [0.2, 0.25) is 0 Å². The fraction of sp³-hybridized carbons (Fsp3) is 0.333. The zero-order chi connectivity index (χ0) is 13.4. The Morgan fingerprint density at radius 2 is 2.00 bits per heavy atom. The van der Waals surface area contributed by atoms with E-state index in [0.717, 1.165) is 11.0 Å². The Labute approximate surface area is 115 Å². The van der Waals surface area contributed by atoms with Crippen molar-refractivity contribution in [2.24, 2.45) is 10.7 Å². The van der Waals surface area contributed by atoms with Gasteiger partial charge in [0.25, 0.3) is 5.91 Å². The van der Waals surface area contributed by atoms with Crippen LogP contribution in [-0.2, 0) is 0 Å². The Kier molecular flexibility index (Phi) is 6.21. The third-order valence-corrected chi connectivity index (χ3v) is 2.67. The largest absolute Gasteiger partial charge is 0.370 e. The number of halogens is 1. The number of nitrogens with zero attached hydrogens (tertiary/aromatic N) is 1. The number of nitrogens with one attached hydrogen (secondary N) is 2. The van der Waals surface area contributed by atoms with Crippen molar-refractivity contribution in [1.82, 2.24) is 10.6 Å². The Morgan fingerprint density at radius 1 is 1.33 bits per heavy atom. The summed E-state index contributed by atoms with van der Waals surface area (Å²) in [5.41, 5.74) is 6.18.